The fourth-order valence-corrected chi connectivity index (χ4v) is 5.16. The van der Waals surface area contributed by atoms with Gasteiger partial charge in [0.15, 0.2) is 0 Å². The summed E-state index contributed by atoms with van der Waals surface area (Å²) in [6, 6.07) is 6.13. The molecule has 2 aliphatic carbocycles. The molecule has 0 bridgehead atoms. The van der Waals surface area contributed by atoms with Crippen LogP contribution in [-0.4, -0.2) is 83.2 Å². The number of benzene rings is 1. The zero-order valence-corrected chi connectivity index (χ0v) is 18.8. The molecule has 2 heterocycles. The van der Waals surface area contributed by atoms with Gasteiger partial charge < -0.3 is 19.6 Å². The molecule has 1 aliphatic heterocycles. The number of likely N-dealkylation sites (N-methyl/N-ethyl adjacent to an activating group) is 1. The molecule has 1 saturated heterocycles. The number of carbonyl (C=O) groups excluding carboxylic acids is 1. The van der Waals surface area contributed by atoms with Gasteiger partial charge in [-0.25, -0.2) is 0 Å². The fraction of sp³-hybridized carbons (Fsp3) is 0.583. The number of fused-ring (bicyclic) bond motifs is 2. The molecule has 5 rings (SSSR count). The molecule has 0 radical (unpaired) electrons. The number of carbonyl (C=O) groups is 2. The molecule has 2 saturated carbocycles. The van der Waals surface area contributed by atoms with Gasteiger partial charge in [0, 0.05) is 38.1 Å². The first-order valence-corrected chi connectivity index (χ1v) is 11.4. The minimum atomic E-state index is -0.250. The largest absolute Gasteiger partial charge is 0.483 e. The normalized spacial score (nSPS) is 27.0. The van der Waals surface area contributed by atoms with Gasteiger partial charge in [-0.2, -0.15) is 0 Å². The van der Waals surface area contributed by atoms with Crippen LogP contribution in [-0.2, 0) is 9.53 Å². The maximum absolute atomic E-state index is 13.3. The van der Waals surface area contributed by atoms with E-state index in [0.29, 0.717) is 29.0 Å². The topological polar surface area (TPSA) is 95.9 Å². The van der Waals surface area contributed by atoms with Crippen LogP contribution in [0.25, 0.3) is 11.0 Å². The predicted molar refractivity (Wildman–Crippen MR) is 120 cm³/mol. The summed E-state index contributed by atoms with van der Waals surface area (Å²) in [6.45, 7) is 2.31. The number of amides is 1. The van der Waals surface area contributed by atoms with Gasteiger partial charge in [-0.15, -0.1) is 0 Å². The summed E-state index contributed by atoms with van der Waals surface area (Å²) in [5.74, 6) is 1.95. The third-order valence-electron chi connectivity index (χ3n) is 7.01. The van der Waals surface area contributed by atoms with Crippen LogP contribution in [0.2, 0.25) is 0 Å². The van der Waals surface area contributed by atoms with E-state index in [1.807, 2.05) is 23.1 Å². The van der Waals surface area contributed by atoms with E-state index in [9.17, 15) is 4.79 Å². The van der Waals surface area contributed by atoms with Gasteiger partial charge in [-0.1, -0.05) is 6.07 Å². The van der Waals surface area contributed by atoms with E-state index in [0.717, 1.165) is 44.0 Å². The highest BCUT2D eigenvalue weighted by Crippen LogP contribution is 2.40. The first-order chi connectivity index (χ1) is 15.5. The summed E-state index contributed by atoms with van der Waals surface area (Å²) in [5, 5.41) is 6.89. The predicted octanol–water partition coefficient (Wildman–Crippen LogP) is 2.54. The molecule has 3 aliphatic rings. The van der Waals surface area contributed by atoms with Gasteiger partial charge in [-0.05, 0) is 69.7 Å². The molecule has 8 heteroatoms. The van der Waals surface area contributed by atoms with Crippen molar-refractivity contribution >= 4 is 23.4 Å². The molecular weight excluding hydrogens is 408 g/mol. The Balaban J connectivity index is 0.000000775. The zero-order valence-electron chi connectivity index (χ0n) is 18.8. The third kappa shape index (κ3) is 4.91. The smallest absolute Gasteiger partial charge is 0.290 e. The van der Waals surface area contributed by atoms with Crippen molar-refractivity contribution in [2.75, 3.05) is 33.8 Å². The highest BCUT2D eigenvalue weighted by Gasteiger charge is 2.45. The summed E-state index contributed by atoms with van der Waals surface area (Å²) >= 11 is 0. The van der Waals surface area contributed by atoms with E-state index < -0.39 is 0 Å². The number of para-hydroxylation sites is 1. The van der Waals surface area contributed by atoms with Crippen LogP contribution in [0, 0.1) is 17.8 Å². The van der Waals surface area contributed by atoms with Crippen molar-refractivity contribution < 1.29 is 19.4 Å². The average molecular weight is 441 g/mol. The molecule has 1 N–H and O–H groups in total. The molecule has 1 aromatic carbocycles. The Morgan fingerprint density at radius 3 is 2.56 bits per heavy atom. The number of hydrogen-bond acceptors (Lipinski definition) is 6. The lowest BCUT2D eigenvalue weighted by Crippen LogP contribution is -2.48. The second kappa shape index (κ2) is 9.92. The number of ether oxygens (including phenoxy) is 1. The minimum absolute atomic E-state index is 0.0855. The van der Waals surface area contributed by atoms with Gasteiger partial charge in [-0.3, -0.25) is 19.6 Å². The second-order valence-electron chi connectivity index (χ2n) is 9.38. The van der Waals surface area contributed by atoms with Crippen LogP contribution in [0.1, 0.15) is 36.0 Å². The van der Waals surface area contributed by atoms with Gasteiger partial charge in [0.25, 0.3) is 12.4 Å². The number of aromatic nitrogens is 2. The lowest BCUT2D eigenvalue weighted by Gasteiger charge is -2.41. The van der Waals surface area contributed by atoms with E-state index in [1.165, 1.54) is 12.8 Å². The Morgan fingerprint density at radius 1 is 1.19 bits per heavy atom. The summed E-state index contributed by atoms with van der Waals surface area (Å²) in [7, 11) is 4.32. The van der Waals surface area contributed by atoms with Gasteiger partial charge >= 0.3 is 0 Å². The highest BCUT2D eigenvalue weighted by molar-refractivity contribution is 6.04. The van der Waals surface area contributed by atoms with Crippen molar-refractivity contribution in [1.82, 2.24) is 19.8 Å². The lowest BCUT2D eigenvalue weighted by molar-refractivity contribution is -0.122. The molecule has 1 amide bonds. The van der Waals surface area contributed by atoms with Crippen molar-refractivity contribution in [3.63, 3.8) is 0 Å². The number of carboxylic acid groups (broad SMARTS) is 1. The van der Waals surface area contributed by atoms with Gasteiger partial charge in [0.1, 0.15) is 5.52 Å². The molecule has 1 aromatic heterocycles. The molecule has 32 heavy (non-hydrogen) atoms. The van der Waals surface area contributed by atoms with Crippen molar-refractivity contribution in [3.8, 4) is 0 Å². The molecule has 172 valence electrons. The van der Waals surface area contributed by atoms with E-state index in [4.69, 9.17) is 14.6 Å². The first kappa shape index (κ1) is 22.6. The lowest BCUT2D eigenvalue weighted by atomic mass is 9.77. The van der Waals surface area contributed by atoms with Crippen LogP contribution >= 0.6 is 0 Å². The SMILES string of the molecule is CN(C)[C@@H]1C[C@@H]2CN(C(=O)c3cccc4nccnc34)C[C@@H]2C[C@H]1OCC1CC1.O=CO. The summed E-state index contributed by atoms with van der Waals surface area (Å²) in [5.41, 5.74) is 2.14. The van der Waals surface area contributed by atoms with Crippen molar-refractivity contribution in [2.45, 2.75) is 37.8 Å². The van der Waals surface area contributed by atoms with Crippen LogP contribution in [0.5, 0.6) is 0 Å². The Kier molecular flexibility index (Phi) is 7.01. The summed E-state index contributed by atoms with van der Waals surface area (Å²) in [4.78, 5) is 34.8. The molecule has 2 aromatic rings. The van der Waals surface area contributed by atoms with Gasteiger partial charge in [0.2, 0.25) is 0 Å². The Hall–Kier alpha value is -2.58. The van der Waals surface area contributed by atoms with E-state index >= 15 is 0 Å². The van der Waals surface area contributed by atoms with Crippen LogP contribution < -0.4 is 0 Å². The number of rotatable bonds is 5. The van der Waals surface area contributed by atoms with Crippen LogP contribution in [0.15, 0.2) is 30.6 Å². The second-order valence-corrected chi connectivity index (χ2v) is 9.38. The Labute approximate surface area is 188 Å². The van der Waals surface area contributed by atoms with Crippen molar-refractivity contribution in [3.05, 3.63) is 36.2 Å². The fourth-order valence-electron chi connectivity index (χ4n) is 5.16. The number of nitrogens with zero attached hydrogens (tertiary/aromatic N) is 4. The standard InChI is InChI=1S/C23H30N4O2.CH2O2/c1-26(2)20-10-16-12-27(13-17(16)11-21(20)29-14-15-6-7-15)23(28)18-4-3-5-19-22(18)25-9-8-24-19;2-1-3/h3-5,8-9,15-17,20-21H,6-7,10-14H2,1-2H3;1H,(H,2,3)/t16-,17+,20-,21-;/m1./s1. The maximum Gasteiger partial charge on any atom is 0.290 e. The van der Waals surface area contributed by atoms with E-state index in [2.05, 4.69) is 29.0 Å². The molecule has 4 atom stereocenters. The first-order valence-electron chi connectivity index (χ1n) is 11.4. The Bertz CT molecular complexity index is 943. The molecule has 8 nitrogen and oxygen atoms in total. The number of hydrogen-bond donors (Lipinski definition) is 1. The minimum Gasteiger partial charge on any atom is -0.483 e. The van der Waals surface area contributed by atoms with Crippen LogP contribution in [0.4, 0.5) is 0 Å². The summed E-state index contributed by atoms with van der Waals surface area (Å²) in [6.07, 6.45) is 8.41. The van der Waals surface area contributed by atoms with Gasteiger partial charge in [0.05, 0.1) is 17.2 Å². The molecular formula is C24H32N4O4. The number of likely N-dealkylation sites (tertiary alicyclic amines) is 1. The highest BCUT2D eigenvalue weighted by atomic mass is 16.5. The Morgan fingerprint density at radius 2 is 1.88 bits per heavy atom. The quantitative estimate of drug-likeness (QED) is 0.714. The third-order valence-corrected chi connectivity index (χ3v) is 7.01. The summed E-state index contributed by atoms with van der Waals surface area (Å²) < 4.78 is 6.36. The molecule has 0 spiro atoms. The van der Waals surface area contributed by atoms with Crippen molar-refractivity contribution in [1.29, 1.82) is 0 Å². The monoisotopic (exact) mass is 440 g/mol. The maximum atomic E-state index is 13.3. The van der Waals surface area contributed by atoms with Crippen molar-refractivity contribution in [2.24, 2.45) is 17.8 Å². The zero-order chi connectivity index (χ0) is 22.7. The van der Waals surface area contributed by atoms with E-state index in [1.54, 1.807) is 12.4 Å². The molecule has 0 unspecified atom stereocenters. The van der Waals surface area contributed by atoms with Crippen LogP contribution in [0.3, 0.4) is 0 Å². The van der Waals surface area contributed by atoms with E-state index in [-0.39, 0.29) is 18.5 Å². The average Bonchev–Trinajstić information content (AvgIpc) is 3.53. The molecule has 3 fully saturated rings.